The molecule has 0 amide bonds. The van der Waals surface area contributed by atoms with Gasteiger partial charge in [-0.1, -0.05) is 0 Å². The Labute approximate surface area is 135 Å². The summed E-state index contributed by atoms with van der Waals surface area (Å²) in [6, 6.07) is 3.56. The van der Waals surface area contributed by atoms with Crippen LogP contribution in [-0.4, -0.2) is 20.9 Å². The van der Waals surface area contributed by atoms with Gasteiger partial charge in [0.2, 0.25) is 0 Å². The molecule has 4 heterocycles. The fraction of sp³-hybridized carbons (Fsp3) is 0.556. The van der Waals surface area contributed by atoms with Crippen LogP contribution in [-0.2, 0) is 13.0 Å². The average Bonchev–Trinajstić information content (AvgIpc) is 3.23. The van der Waals surface area contributed by atoms with E-state index in [2.05, 4.69) is 34.5 Å². The standard InChI is InChI=1S/C18H21N3S/c1-11-6-12(10-22-11)9-21-14-4-5-17(21)15-8-19-18(13-2-3-13)20-16(15)7-14/h6,8,10,13-14,17H,2-5,7,9H2,1H3. The summed E-state index contributed by atoms with van der Waals surface area (Å²) >= 11 is 1.86. The van der Waals surface area contributed by atoms with Crippen molar-refractivity contribution in [2.45, 2.75) is 63.6 Å². The minimum absolute atomic E-state index is 0.544. The first-order valence-corrected chi connectivity index (χ1v) is 9.31. The zero-order valence-electron chi connectivity index (χ0n) is 13.0. The summed E-state index contributed by atoms with van der Waals surface area (Å²) in [6.07, 6.45) is 8.42. The number of rotatable bonds is 3. The molecule has 0 N–H and O–H groups in total. The van der Waals surface area contributed by atoms with Crippen LogP contribution >= 0.6 is 11.3 Å². The van der Waals surface area contributed by atoms with Crippen LogP contribution in [0.1, 0.15) is 65.2 Å². The summed E-state index contributed by atoms with van der Waals surface area (Å²) in [6.45, 7) is 3.28. The Kier molecular flexibility index (Phi) is 2.92. The maximum Gasteiger partial charge on any atom is 0.131 e. The zero-order valence-corrected chi connectivity index (χ0v) is 13.8. The van der Waals surface area contributed by atoms with Gasteiger partial charge in [-0.2, -0.15) is 0 Å². The monoisotopic (exact) mass is 311 g/mol. The molecule has 1 aliphatic carbocycles. The number of hydrogen-bond acceptors (Lipinski definition) is 4. The third kappa shape index (κ3) is 2.12. The maximum atomic E-state index is 4.93. The van der Waals surface area contributed by atoms with Crippen molar-refractivity contribution in [3.8, 4) is 0 Å². The third-order valence-electron chi connectivity index (χ3n) is 5.44. The number of hydrogen-bond donors (Lipinski definition) is 0. The van der Waals surface area contributed by atoms with Crippen molar-refractivity contribution in [2.75, 3.05) is 0 Å². The van der Waals surface area contributed by atoms with Crippen molar-refractivity contribution >= 4 is 11.3 Å². The summed E-state index contributed by atoms with van der Waals surface area (Å²) in [7, 11) is 0. The van der Waals surface area contributed by atoms with Crippen molar-refractivity contribution in [2.24, 2.45) is 0 Å². The normalized spacial score (nSPS) is 27.1. The minimum atomic E-state index is 0.544. The Morgan fingerprint density at radius 3 is 2.95 bits per heavy atom. The first-order chi connectivity index (χ1) is 10.8. The molecule has 0 spiro atoms. The molecule has 3 aliphatic rings. The van der Waals surface area contributed by atoms with E-state index in [-0.39, 0.29) is 0 Å². The molecular formula is C18H21N3S. The van der Waals surface area contributed by atoms with E-state index in [0.717, 1.165) is 18.8 Å². The average molecular weight is 311 g/mol. The second-order valence-corrected chi connectivity index (χ2v) is 8.21. The smallest absolute Gasteiger partial charge is 0.131 e. The SMILES string of the molecule is Cc1cc(CN2C3CCC2c2cnc(C4CC4)nc2C3)cs1. The summed E-state index contributed by atoms with van der Waals surface area (Å²) in [5.74, 6) is 1.77. The van der Waals surface area contributed by atoms with E-state index in [0.29, 0.717) is 18.0 Å². The lowest BCUT2D eigenvalue weighted by Crippen LogP contribution is -2.37. The van der Waals surface area contributed by atoms with Gasteiger partial charge in [0, 0.05) is 47.6 Å². The van der Waals surface area contributed by atoms with Crippen LogP contribution in [0.4, 0.5) is 0 Å². The maximum absolute atomic E-state index is 4.93. The molecule has 2 aliphatic heterocycles. The van der Waals surface area contributed by atoms with Gasteiger partial charge in [0.15, 0.2) is 0 Å². The second-order valence-electron chi connectivity index (χ2n) is 7.09. The topological polar surface area (TPSA) is 29.0 Å². The van der Waals surface area contributed by atoms with Crippen LogP contribution in [0.3, 0.4) is 0 Å². The molecule has 1 saturated heterocycles. The lowest BCUT2D eigenvalue weighted by atomic mass is 9.98. The number of fused-ring (bicyclic) bond motifs is 4. The predicted octanol–water partition coefficient (Wildman–Crippen LogP) is 3.99. The van der Waals surface area contributed by atoms with E-state index in [1.54, 1.807) is 0 Å². The van der Waals surface area contributed by atoms with Gasteiger partial charge in [0.1, 0.15) is 5.82 Å². The van der Waals surface area contributed by atoms with Gasteiger partial charge in [-0.05, 0) is 49.6 Å². The molecule has 2 unspecified atom stereocenters. The fourth-order valence-electron chi connectivity index (χ4n) is 4.17. The summed E-state index contributed by atoms with van der Waals surface area (Å²) in [5, 5.41) is 2.32. The lowest BCUT2D eigenvalue weighted by molar-refractivity contribution is 0.166. The molecule has 114 valence electrons. The predicted molar refractivity (Wildman–Crippen MR) is 88.1 cm³/mol. The van der Waals surface area contributed by atoms with Crippen molar-refractivity contribution in [1.82, 2.24) is 14.9 Å². The molecule has 2 bridgehead atoms. The summed E-state index contributed by atoms with van der Waals surface area (Å²) < 4.78 is 0. The Hall–Kier alpha value is -1.26. The molecule has 22 heavy (non-hydrogen) atoms. The zero-order chi connectivity index (χ0) is 14.7. The molecule has 4 heteroatoms. The van der Waals surface area contributed by atoms with Gasteiger partial charge in [-0.15, -0.1) is 11.3 Å². The van der Waals surface area contributed by atoms with Gasteiger partial charge in [-0.25, -0.2) is 9.97 Å². The van der Waals surface area contributed by atoms with Crippen LogP contribution < -0.4 is 0 Å². The Bertz CT molecular complexity index is 719. The molecule has 2 aromatic rings. The highest BCUT2D eigenvalue weighted by molar-refractivity contribution is 7.10. The second kappa shape index (κ2) is 4.87. The Balaban J connectivity index is 1.45. The molecule has 2 fully saturated rings. The van der Waals surface area contributed by atoms with Crippen LogP contribution in [0.5, 0.6) is 0 Å². The lowest BCUT2D eigenvalue weighted by Gasteiger charge is -2.35. The van der Waals surface area contributed by atoms with Crippen molar-refractivity contribution in [1.29, 1.82) is 0 Å². The molecule has 1 saturated carbocycles. The van der Waals surface area contributed by atoms with Gasteiger partial charge in [0.05, 0.1) is 5.69 Å². The van der Waals surface area contributed by atoms with Gasteiger partial charge < -0.3 is 0 Å². The molecular weight excluding hydrogens is 290 g/mol. The highest BCUT2D eigenvalue weighted by Gasteiger charge is 2.41. The summed E-state index contributed by atoms with van der Waals surface area (Å²) in [4.78, 5) is 13.7. The van der Waals surface area contributed by atoms with Gasteiger partial charge in [-0.3, -0.25) is 4.90 Å². The third-order valence-corrected chi connectivity index (χ3v) is 6.35. The van der Waals surface area contributed by atoms with Gasteiger partial charge in [0.25, 0.3) is 0 Å². The summed E-state index contributed by atoms with van der Waals surface area (Å²) in [5.41, 5.74) is 4.23. The molecule has 2 atom stereocenters. The molecule has 5 rings (SSSR count). The Morgan fingerprint density at radius 2 is 2.18 bits per heavy atom. The van der Waals surface area contributed by atoms with Crippen molar-refractivity contribution in [3.63, 3.8) is 0 Å². The van der Waals surface area contributed by atoms with E-state index >= 15 is 0 Å². The number of aromatic nitrogens is 2. The van der Waals surface area contributed by atoms with Crippen LogP contribution in [0.15, 0.2) is 17.6 Å². The number of aryl methyl sites for hydroxylation is 1. The molecule has 0 aromatic carbocycles. The van der Waals surface area contributed by atoms with E-state index in [4.69, 9.17) is 4.98 Å². The minimum Gasteiger partial charge on any atom is -0.289 e. The van der Waals surface area contributed by atoms with E-state index in [1.165, 1.54) is 47.4 Å². The fourth-order valence-corrected chi connectivity index (χ4v) is 4.87. The largest absolute Gasteiger partial charge is 0.289 e. The molecule has 3 nitrogen and oxygen atoms in total. The van der Waals surface area contributed by atoms with E-state index in [1.807, 2.05) is 11.3 Å². The van der Waals surface area contributed by atoms with Crippen molar-refractivity contribution < 1.29 is 0 Å². The van der Waals surface area contributed by atoms with Crippen LogP contribution in [0.25, 0.3) is 0 Å². The van der Waals surface area contributed by atoms with E-state index in [9.17, 15) is 0 Å². The highest BCUT2D eigenvalue weighted by Crippen LogP contribution is 2.45. The first kappa shape index (κ1) is 13.2. The number of nitrogens with zero attached hydrogens (tertiary/aromatic N) is 3. The number of thiophene rings is 1. The van der Waals surface area contributed by atoms with E-state index < -0.39 is 0 Å². The molecule has 0 radical (unpaired) electrons. The van der Waals surface area contributed by atoms with Crippen LogP contribution in [0.2, 0.25) is 0 Å². The Morgan fingerprint density at radius 1 is 1.27 bits per heavy atom. The quantitative estimate of drug-likeness (QED) is 0.858. The highest BCUT2D eigenvalue weighted by atomic mass is 32.1. The van der Waals surface area contributed by atoms with Gasteiger partial charge >= 0.3 is 0 Å². The van der Waals surface area contributed by atoms with Crippen molar-refractivity contribution in [3.05, 3.63) is 45.2 Å². The van der Waals surface area contributed by atoms with Crippen LogP contribution in [0, 0.1) is 6.92 Å². The first-order valence-electron chi connectivity index (χ1n) is 8.43. The molecule has 2 aromatic heterocycles.